The SMILES string of the molecule is C=C[C@]1(C)C[C@@H](O)[C@]2(C)C(C)CC[C@]3(CC[C@@H](OC)C32)[C@@H](C)C1=O.C=C[C@]1(C)C[C@@H](OC(=O)CO)[C@]2(C)C(C)CC[C@]3(CCC(=O)[C@H]32)[C@@H](C)[C@@H]1O.C=C[C@]1(C)C[C@@H](OC(=O)CO)[C@]2(C)C(C)CC[C@]3(CC[C@@H](OC)C32)[C@@H](C)C1=O.C=C[C@]1(C)C[C@@H](OC(N)=O)[C@]2(C)C(C)CC[C@]3(CC[C@@H](OC)C32)[C@@H](C)C1=O.N#C[O-].[Na+]. The minimum atomic E-state index is -0.774. The molecular weight excluding hydrogens is 1410 g/mol. The second-order valence-corrected chi connectivity index (χ2v) is 38.6. The Labute approximate surface area is 680 Å². The van der Waals surface area contributed by atoms with Gasteiger partial charge in [0.15, 0.2) is 0 Å². The molecule has 0 heterocycles. The van der Waals surface area contributed by atoms with Gasteiger partial charge in [-0.1, -0.05) is 114 Å². The molecule has 0 aromatic heterocycles. The fourth-order valence-electron chi connectivity index (χ4n) is 27.3. The van der Waals surface area contributed by atoms with E-state index in [0.717, 1.165) is 96.3 Å². The van der Waals surface area contributed by atoms with Gasteiger partial charge in [0.25, 0.3) is 0 Å². The summed E-state index contributed by atoms with van der Waals surface area (Å²) in [6.07, 6.45) is 21.2. The molecule has 0 aromatic carbocycles. The summed E-state index contributed by atoms with van der Waals surface area (Å²) in [6.45, 7) is 48.3. The van der Waals surface area contributed by atoms with E-state index < -0.39 is 88.8 Å². The summed E-state index contributed by atoms with van der Waals surface area (Å²) in [5, 5.41) is 56.3. The Bertz CT molecular complexity index is 3470. The normalized spacial score (nSPS) is 48.7. The quantitative estimate of drug-likeness (QED) is 0.0398. The molecule has 12 aliphatic rings. The van der Waals surface area contributed by atoms with Crippen molar-refractivity contribution >= 4 is 41.2 Å². The smallest absolute Gasteiger partial charge is 0.812 e. The van der Waals surface area contributed by atoms with E-state index in [9.17, 15) is 54.0 Å². The number of Topliss-reactive ketones (excluding diaryl/α,β-unsaturated/α-hetero) is 4. The summed E-state index contributed by atoms with van der Waals surface area (Å²) in [4.78, 5) is 89.8. The van der Waals surface area contributed by atoms with Crippen LogP contribution in [0.5, 0.6) is 0 Å². The predicted octanol–water partition coefficient (Wildman–Crippen LogP) is 10.4. The first-order valence-corrected chi connectivity index (χ1v) is 41.0. The summed E-state index contributed by atoms with van der Waals surface area (Å²) in [5.41, 5.74) is 0.761. The minimum absolute atomic E-state index is 0. The number of hydrogen-bond acceptors (Lipinski definition) is 19. The Balaban J connectivity index is 0.000000201. The van der Waals surface area contributed by atoms with Gasteiger partial charge < -0.3 is 59.7 Å². The number of nitriles is 1. The molecule has 614 valence electrons. The third-order valence-corrected chi connectivity index (χ3v) is 35.0. The molecule has 12 fully saturated rings. The first kappa shape index (κ1) is 93.0. The number of ether oxygens (including phenoxy) is 6. The van der Waals surface area contributed by atoms with Crippen LogP contribution in [0.15, 0.2) is 50.6 Å². The van der Waals surface area contributed by atoms with Crippen LogP contribution in [0.1, 0.15) is 239 Å². The van der Waals surface area contributed by atoms with Crippen LogP contribution < -0.4 is 40.4 Å². The number of rotatable bonds is 12. The third kappa shape index (κ3) is 14.7. The summed E-state index contributed by atoms with van der Waals surface area (Å²) < 4.78 is 35.2. The van der Waals surface area contributed by atoms with Crippen molar-refractivity contribution in [1.29, 1.82) is 5.26 Å². The van der Waals surface area contributed by atoms with E-state index in [4.69, 9.17) is 44.5 Å². The molecule has 20 nitrogen and oxygen atoms in total. The Morgan fingerprint density at radius 1 is 0.491 bits per heavy atom. The van der Waals surface area contributed by atoms with E-state index >= 15 is 0 Å². The number of carbonyl (C=O) groups excluding carboxylic acids is 7. The monoisotopic (exact) mass is 1550 g/mol. The van der Waals surface area contributed by atoms with Crippen molar-refractivity contribution in [3.05, 3.63) is 50.6 Å². The van der Waals surface area contributed by atoms with Crippen molar-refractivity contribution in [3.8, 4) is 6.26 Å². The Morgan fingerprint density at radius 3 is 1.14 bits per heavy atom. The van der Waals surface area contributed by atoms with Crippen LogP contribution in [0.25, 0.3) is 0 Å². The first-order chi connectivity index (χ1) is 50.8. The molecule has 8 bridgehead atoms. The number of ketones is 4. The Kier molecular flexibility index (Phi) is 28.9. The zero-order valence-electron chi connectivity index (χ0n) is 70.8. The van der Waals surface area contributed by atoms with E-state index in [1.807, 2.05) is 27.7 Å². The fraction of sp³-hybridized carbons (Fsp3) is 0.820. The average Bonchev–Trinajstić information content (AvgIpc) is 1.45. The summed E-state index contributed by atoms with van der Waals surface area (Å²) >= 11 is 0. The Morgan fingerprint density at radius 2 is 0.800 bits per heavy atom. The number of esters is 2. The van der Waals surface area contributed by atoms with Crippen LogP contribution in [0, 0.1) is 148 Å². The molecule has 6 N–H and O–H groups in total. The first-order valence-electron chi connectivity index (χ1n) is 41.0. The van der Waals surface area contributed by atoms with E-state index in [-0.39, 0.29) is 162 Å². The van der Waals surface area contributed by atoms with Gasteiger partial charge in [-0.3, -0.25) is 19.2 Å². The number of aliphatic hydroxyl groups excluding tert-OH is 4. The molecule has 0 spiro atoms. The number of amides is 1. The zero-order chi connectivity index (χ0) is 81.9. The van der Waals surface area contributed by atoms with Gasteiger partial charge in [0, 0.05) is 126 Å². The fourth-order valence-corrected chi connectivity index (χ4v) is 27.3. The second kappa shape index (κ2) is 34.2. The molecule has 7 unspecified atom stereocenters. The van der Waals surface area contributed by atoms with Crippen LogP contribution >= 0.6 is 0 Å². The van der Waals surface area contributed by atoms with Gasteiger partial charge in [0.05, 0.1) is 30.5 Å². The number of nitrogens with two attached hydrogens (primary N) is 1. The molecule has 0 saturated heterocycles. The van der Waals surface area contributed by atoms with E-state index in [2.05, 4.69) is 109 Å². The zero-order valence-corrected chi connectivity index (χ0v) is 72.8. The van der Waals surface area contributed by atoms with Gasteiger partial charge in [0.2, 0.25) is 0 Å². The molecule has 0 aliphatic heterocycles. The summed E-state index contributed by atoms with van der Waals surface area (Å²) in [7, 11) is 5.30. The van der Waals surface area contributed by atoms with Crippen molar-refractivity contribution in [2.75, 3.05) is 34.5 Å². The van der Waals surface area contributed by atoms with Gasteiger partial charge >= 0.3 is 47.6 Å². The van der Waals surface area contributed by atoms with Crippen molar-refractivity contribution in [3.63, 3.8) is 0 Å². The van der Waals surface area contributed by atoms with E-state index in [1.165, 1.54) is 0 Å². The number of methoxy groups -OCH3 is 3. The number of allylic oxidation sites excluding steroid dienone is 3. The number of nitrogens with zero attached hydrogens (tertiary/aromatic N) is 1. The van der Waals surface area contributed by atoms with Crippen LogP contribution in [-0.4, -0.2) is 145 Å². The van der Waals surface area contributed by atoms with Crippen molar-refractivity contribution in [1.82, 2.24) is 0 Å². The molecular formula is C89H139N2NaO18. The Hall–Kier alpha value is -4.14. The standard InChI is InChI=1S/C23H36O5.C22H35NO4.C22H34O5.C21H34O3.CHNO.Na/c1-7-21(4)12-17(28-18(25)13-24)22(5)14(2)8-10-23(15(3)20(21)26)11-9-16(27-6)19(22)23;1-7-20(4)12-16(27-19(23)25)21(5)13(2)8-10-22(14(3)18(20)24)11-9-15(26-6)17(21)22;1-6-20(4)11-16(27-17(25)12-23)21(5)13(2)7-9-22(14(3)19(20)26)10-8-15(24)18(21)22;1-7-19(4)12-16(22)20(5)13(2)8-10-21(14(3)18(19)23)11-9-15(24-6)17(20)21;2-1-3;/h7,14-17,19,24H,1,8-13H2,2-6H3;7,13-17H,1,8-12H2,2-6H3,(H2,23,25);6,13-14,16,18-19,23,26H,1,7-12H2,2-5H3;7,13-17,22H,1,8-12H2,2-6H3;3H;/q;;;;;+1/p-1/t14?,15-,16+,17+,19?,21+,22-,23-;13?,14-,15+,16+,17?,20+,21-,22-;13?,14-,16+,18-,19-,20+,21-,22-;13?,14-,15+,16+,17?,19+,20-,21-;;/m0000../s1. The largest absolute Gasteiger partial charge is 1.00 e. The van der Waals surface area contributed by atoms with Crippen LogP contribution in [0.2, 0.25) is 0 Å². The van der Waals surface area contributed by atoms with Gasteiger partial charge in [-0.15, -0.1) is 26.3 Å². The van der Waals surface area contributed by atoms with Crippen LogP contribution in [0.3, 0.4) is 0 Å². The minimum Gasteiger partial charge on any atom is -0.812 e. The van der Waals surface area contributed by atoms with Crippen LogP contribution in [0.4, 0.5) is 4.79 Å². The molecule has 12 rings (SSSR count). The molecule has 21 heteroatoms. The maximum absolute atomic E-state index is 13.7. The van der Waals surface area contributed by atoms with E-state index in [1.54, 1.807) is 45.6 Å². The topological polar surface area (TPSA) is 329 Å². The van der Waals surface area contributed by atoms with E-state index in [0.29, 0.717) is 56.1 Å². The summed E-state index contributed by atoms with van der Waals surface area (Å²) in [5.74, 6) is 0.946. The van der Waals surface area contributed by atoms with Crippen LogP contribution in [-0.2, 0) is 57.2 Å². The molecule has 12 saturated carbocycles. The van der Waals surface area contributed by atoms with Gasteiger partial charge in [-0.25, -0.2) is 19.6 Å². The molecule has 1 amide bonds. The second-order valence-electron chi connectivity index (χ2n) is 38.6. The van der Waals surface area contributed by atoms with Gasteiger partial charge in [-0.05, 0) is 187 Å². The maximum atomic E-state index is 13.7. The van der Waals surface area contributed by atoms with Crippen molar-refractivity contribution < 1.29 is 117 Å². The molecule has 0 radical (unpaired) electrons. The average molecular weight is 1550 g/mol. The van der Waals surface area contributed by atoms with Gasteiger partial charge in [-0.2, -0.15) is 0 Å². The van der Waals surface area contributed by atoms with Crippen molar-refractivity contribution in [2.45, 2.75) is 288 Å². The molecule has 110 heavy (non-hydrogen) atoms. The molecule has 12 aliphatic carbocycles. The maximum Gasteiger partial charge on any atom is 1.00 e. The van der Waals surface area contributed by atoms with Gasteiger partial charge in [0.1, 0.15) is 54.7 Å². The number of primary amides is 1. The number of hydrogen-bond donors (Lipinski definition) is 5. The molecule has 0 aromatic rings. The number of carbonyl (C=O) groups is 7. The molecule has 32 atom stereocenters. The summed E-state index contributed by atoms with van der Waals surface area (Å²) in [6, 6.07) is 0. The van der Waals surface area contributed by atoms with Crippen molar-refractivity contribution in [2.24, 2.45) is 142 Å². The number of aliphatic hydroxyl groups is 4. The third-order valence-electron chi connectivity index (χ3n) is 35.0. The predicted molar refractivity (Wildman–Crippen MR) is 413 cm³/mol.